The Morgan fingerprint density at radius 1 is 1.19 bits per heavy atom. The summed E-state index contributed by atoms with van der Waals surface area (Å²) in [5.74, 6) is 1.40. The van der Waals surface area contributed by atoms with Crippen LogP contribution in [0.4, 0.5) is 17.1 Å². The fourth-order valence-electron chi connectivity index (χ4n) is 4.90. The number of pyridine rings is 1. The lowest BCUT2D eigenvalue weighted by molar-refractivity contribution is -0.116. The van der Waals surface area contributed by atoms with Gasteiger partial charge in [0, 0.05) is 36.3 Å². The van der Waals surface area contributed by atoms with Gasteiger partial charge in [-0.25, -0.2) is 0 Å². The summed E-state index contributed by atoms with van der Waals surface area (Å²) in [4.78, 5) is 23.9. The van der Waals surface area contributed by atoms with Crippen molar-refractivity contribution in [2.24, 2.45) is 10.9 Å². The maximum atomic E-state index is 12.8. The van der Waals surface area contributed by atoms with E-state index in [0.717, 1.165) is 49.3 Å². The Kier molecular flexibility index (Phi) is 10.6. The normalized spacial score (nSPS) is 14.8. The number of aryl methyl sites for hydroxylation is 1. The van der Waals surface area contributed by atoms with Gasteiger partial charge in [0.15, 0.2) is 0 Å². The summed E-state index contributed by atoms with van der Waals surface area (Å²) >= 11 is 6.66. The zero-order chi connectivity index (χ0) is 30.2. The first kappa shape index (κ1) is 31.1. The highest BCUT2D eigenvalue weighted by Gasteiger charge is 2.19. The van der Waals surface area contributed by atoms with Gasteiger partial charge in [0.1, 0.15) is 24.2 Å². The minimum absolute atomic E-state index is 0.108. The van der Waals surface area contributed by atoms with Gasteiger partial charge in [-0.1, -0.05) is 18.5 Å². The van der Waals surface area contributed by atoms with E-state index in [0.29, 0.717) is 69.9 Å². The number of aliphatic imine (C=N–C) groups is 1. The summed E-state index contributed by atoms with van der Waals surface area (Å²) in [7, 11) is 3.96. The number of amides is 1. The van der Waals surface area contributed by atoms with Crippen LogP contribution in [0.1, 0.15) is 50.7 Å². The van der Waals surface area contributed by atoms with Crippen LogP contribution in [0.5, 0.6) is 11.5 Å². The van der Waals surface area contributed by atoms with E-state index in [1.807, 2.05) is 38.9 Å². The van der Waals surface area contributed by atoms with Crippen LogP contribution in [0.3, 0.4) is 0 Å². The topological polar surface area (TPSA) is 112 Å². The van der Waals surface area contributed by atoms with Crippen molar-refractivity contribution in [1.82, 2.24) is 9.88 Å². The van der Waals surface area contributed by atoms with E-state index in [9.17, 15) is 10.1 Å². The third kappa shape index (κ3) is 7.69. The van der Waals surface area contributed by atoms with Crippen LogP contribution in [0.2, 0.25) is 5.02 Å². The van der Waals surface area contributed by atoms with E-state index in [2.05, 4.69) is 33.6 Å². The number of carbonyl (C=O) groups is 1. The van der Waals surface area contributed by atoms with E-state index < -0.39 is 0 Å². The van der Waals surface area contributed by atoms with Gasteiger partial charge in [-0.05, 0) is 83.4 Å². The van der Waals surface area contributed by atoms with Crippen molar-refractivity contribution < 1.29 is 14.3 Å². The highest BCUT2D eigenvalue weighted by molar-refractivity contribution is 6.32. The Hall–Kier alpha value is -3.87. The molecule has 0 fully saturated rings. The molecule has 9 nitrogen and oxygen atoms in total. The monoisotopic (exact) mass is 590 g/mol. The smallest absolute Gasteiger partial charge is 0.224 e. The van der Waals surface area contributed by atoms with Crippen LogP contribution in [-0.2, 0) is 4.79 Å². The van der Waals surface area contributed by atoms with Crippen LogP contribution in [0, 0.1) is 24.2 Å². The van der Waals surface area contributed by atoms with Crippen LogP contribution in [-0.4, -0.2) is 61.9 Å². The first-order chi connectivity index (χ1) is 20.2. The van der Waals surface area contributed by atoms with Crippen LogP contribution in [0.15, 0.2) is 35.5 Å². The molecule has 1 aliphatic heterocycles. The number of ether oxygens (including phenoxy) is 2. The Labute approximate surface area is 252 Å². The number of nitrogens with one attached hydrogen (secondary N) is 2. The number of rotatable bonds is 12. The summed E-state index contributed by atoms with van der Waals surface area (Å²) in [6.07, 6.45) is 4.86. The van der Waals surface area contributed by atoms with E-state index in [-0.39, 0.29) is 5.91 Å². The zero-order valence-electron chi connectivity index (χ0n) is 25.0. The van der Waals surface area contributed by atoms with Gasteiger partial charge in [-0.3, -0.25) is 14.8 Å². The maximum Gasteiger partial charge on any atom is 0.224 e. The first-order valence-corrected chi connectivity index (χ1v) is 14.7. The number of aromatic nitrogens is 1. The molecule has 42 heavy (non-hydrogen) atoms. The predicted molar refractivity (Wildman–Crippen MR) is 170 cm³/mol. The molecule has 0 spiro atoms. The lowest BCUT2D eigenvalue weighted by atomic mass is 9.97. The number of halogens is 1. The van der Waals surface area contributed by atoms with Gasteiger partial charge < -0.3 is 25.0 Å². The Morgan fingerprint density at radius 2 is 2.00 bits per heavy atom. The predicted octanol–water partition coefficient (Wildman–Crippen LogP) is 6.74. The molecule has 1 unspecified atom stereocenters. The third-order valence-electron chi connectivity index (χ3n) is 7.27. The second kappa shape index (κ2) is 14.3. The molecule has 0 saturated heterocycles. The van der Waals surface area contributed by atoms with Crippen molar-refractivity contribution in [2.45, 2.75) is 46.5 Å². The number of nitrogens with zero attached hydrogens (tertiary/aromatic N) is 4. The number of fused-ring (bicyclic) bond motifs is 1. The van der Waals surface area contributed by atoms with Crippen molar-refractivity contribution in [2.75, 3.05) is 51.0 Å². The average Bonchev–Trinajstić information content (AvgIpc) is 2.95. The molecule has 0 aliphatic carbocycles. The quantitative estimate of drug-likeness (QED) is 0.240. The summed E-state index contributed by atoms with van der Waals surface area (Å²) in [5, 5.41) is 17.5. The summed E-state index contributed by atoms with van der Waals surface area (Å²) < 4.78 is 11.9. The van der Waals surface area contributed by atoms with Gasteiger partial charge in [0.25, 0.3) is 0 Å². The van der Waals surface area contributed by atoms with Crippen LogP contribution < -0.4 is 20.1 Å². The fraction of sp³-hybridized carbons (Fsp3) is 0.438. The molecule has 1 aromatic heterocycles. The number of hydrogen-bond donors (Lipinski definition) is 2. The summed E-state index contributed by atoms with van der Waals surface area (Å²) in [6.45, 7) is 8.50. The maximum absolute atomic E-state index is 12.8. The first-order valence-electron chi connectivity index (χ1n) is 14.4. The molecular formula is C32H39ClN6O3. The Bertz CT molecular complexity index is 1510. The molecule has 1 amide bonds. The molecule has 3 aromatic rings. The van der Waals surface area contributed by atoms with E-state index >= 15 is 0 Å². The molecule has 0 radical (unpaired) electrons. The fourth-order valence-corrected chi connectivity index (χ4v) is 5.12. The second-order valence-electron chi connectivity index (χ2n) is 10.8. The standard InChI is InChI=1S/C32H39ClN6O3/c1-6-41-30-16-26-23(14-27(30)37-31(40)10-8-12-39(4)5)32(22(17-34)18-36-26)38-25-15-24(33)29(13-21(25)3)42-19-28-20(2)9-7-11-35-28/h13-16,18,20H,6-12,19H2,1-5H3,(H,36,38)(H,37,40). The molecular weight excluding hydrogens is 552 g/mol. The lowest BCUT2D eigenvalue weighted by Gasteiger charge is -2.21. The molecule has 1 atom stereocenters. The summed E-state index contributed by atoms with van der Waals surface area (Å²) in [5.41, 5.74) is 4.74. The van der Waals surface area contributed by atoms with Crippen molar-refractivity contribution >= 4 is 51.2 Å². The minimum Gasteiger partial charge on any atom is -0.492 e. The van der Waals surface area contributed by atoms with Gasteiger partial charge in [0.2, 0.25) is 5.91 Å². The lowest BCUT2D eigenvalue weighted by Crippen LogP contribution is -2.23. The number of nitriles is 1. The third-order valence-corrected chi connectivity index (χ3v) is 7.56. The molecule has 4 rings (SSSR count). The number of benzene rings is 2. The molecule has 2 aromatic carbocycles. The SMILES string of the molecule is CCOc1cc2ncc(C#N)c(Nc3cc(Cl)c(OCC4=NCCCC4C)cc3C)c2cc1NC(=O)CCCN(C)C. The van der Waals surface area contributed by atoms with E-state index in [4.69, 9.17) is 21.1 Å². The van der Waals surface area contributed by atoms with Gasteiger partial charge in [-0.2, -0.15) is 5.26 Å². The van der Waals surface area contributed by atoms with E-state index in [1.165, 1.54) is 6.20 Å². The minimum atomic E-state index is -0.108. The van der Waals surface area contributed by atoms with Crippen molar-refractivity contribution in [3.05, 3.63) is 46.6 Å². The Balaban J connectivity index is 1.64. The van der Waals surface area contributed by atoms with Gasteiger partial charge in [-0.15, -0.1) is 0 Å². The summed E-state index contributed by atoms with van der Waals surface area (Å²) in [6, 6.07) is 9.51. The largest absolute Gasteiger partial charge is 0.492 e. The van der Waals surface area contributed by atoms with Gasteiger partial charge in [0.05, 0.1) is 39.8 Å². The van der Waals surface area contributed by atoms with Crippen molar-refractivity contribution in [1.29, 1.82) is 5.26 Å². The molecule has 0 saturated carbocycles. The molecule has 0 bridgehead atoms. The second-order valence-corrected chi connectivity index (χ2v) is 11.2. The average molecular weight is 591 g/mol. The van der Waals surface area contributed by atoms with Gasteiger partial charge >= 0.3 is 0 Å². The van der Waals surface area contributed by atoms with Crippen molar-refractivity contribution in [3.63, 3.8) is 0 Å². The molecule has 1 aliphatic rings. The highest BCUT2D eigenvalue weighted by atomic mass is 35.5. The van der Waals surface area contributed by atoms with Crippen molar-refractivity contribution in [3.8, 4) is 17.6 Å². The van der Waals surface area contributed by atoms with E-state index in [1.54, 1.807) is 18.2 Å². The number of hydrogen-bond acceptors (Lipinski definition) is 8. The van der Waals surface area contributed by atoms with Crippen LogP contribution in [0.25, 0.3) is 10.9 Å². The number of anilines is 3. The zero-order valence-corrected chi connectivity index (χ0v) is 25.8. The molecule has 2 heterocycles. The highest BCUT2D eigenvalue weighted by Crippen LogP contribution is 2.38. The number of carbonyl (C=O) groups excluding carboxylic acids is 1. The van der Waals surface area contributed by atoms with Crippen LogP contribution >= 0.6 is 11.6 Å². The Morgan fingerprint density at radius 3 is 2.71 bits per heavy atom. The molecule has 10 heteroatoms. The molecule has 2 N–H and O–H groups in total. The molecule has 222 valence electrons.